The van der Waals surface area contributed by atoms with Crippen LogP contribution in [0.25, 0.3) is 0 Å². The van der Waals surface area contributed by atoms with Crippen molar-refractivity contribution in [2.75, 3.05) is 26.2 Å². The maximum Gasteiger partial charge on any atom is 0.0499 e. The van der Waals surface area contributed by atoms with Crippen LogP contribution in [0.5, 0.6) is 0 Å². The molecule has 2 aliphatic rings. The van der Waals surface area contributed by atoms with Crippen molar-refractivity contribution < 1.29 is 5.11 Å². The Morgan fingerprint density at radius 2 is 1.85 bits per heavy atom. The van der Waals surface area contributed by atoms with Crippen molar-refractivity contribution in [3.8, 4) is 0 Å². The van der Waals surface area contributed by atoms with Gasteiger partial charge in [0.25, 0.3) is 0 Å². The monoisotopic (exact) mass is 274 g/mol. The van der Waals surface area contributed by atoms with E-state index in [4.69, 9.17) is 0 Å². The highest BCUT2D eigenvalue weighted by Crippen LogP contribution is 2.44. The fraction of sp³-hybridized carbons (Fsp3) is 0.647. The van der Waals surface area contributed by atoms with Crippen molar-refractivity contribution in [1.29, 1.82) is 0 Å². The van der Waals surface area contributed by atoms with Gasteiger partial charge in [-0.05, 0) is 44.3 Å². The first-order chi connectivity index (χ1) is 9.80. The van der Waals surface area contributed by atoms with Gasteiger partial charge in [0.2, 0.25) is 0 Å². The summed E-state index contributed by atoms with van der Waals surface area (Å²) in [6.07, 6.45) is 4.86. The zero-order chi connectivity index (χ0) is 13.8. The van der Waals surface area contributed by atoms with Gasteiger partial charge in [-0.2, -0.15) is 0 Å². The van der Waals surface area contributed by atoms with E-state index >= 15 is 0 Å². The highest BCUT2D eigenvalue weighted by molar-refractivity contribution is 5.14. The molecule has 3 heteroatoms. The van der Waals surface area contributed by atoms with Gasteiger partial charge < -0.3 is 10.4 Å². The molecular weight excluding hydrogens is 248 g/mol. The highest BCUT2D eigenvalue weighted by Gasteiger charge is 2.42. The molecule has 0 amide bonds. The third-order valence-electron chi connectivity index (χ3n) is 4.89. The van der Waals surface area contributed by atoms with Crippen LogP contribution in [0.4, 0.5) is 0 Å². The summed E-state index contributed by atoms with van der Waals surface area (Å²) in [6.45, 7) is 4.80. The van der Waals surface area contributed by atoms with E-state index in [1.54, 1.807) is 0 Å². The maximum absolute atomic E-state index is 9.34. The van der Waals surface area contributed by atoms with E-state index in [2.05, 4.69) is 40.5 Å². The zero-order valence-electron chi connectivity index (χ0n) is 12.2. The van der Waals surface area contributed by atoms with Gasteiger partial charge in [-0.3, -0.25) is 4.90 Å². The average molecular weight is 274 g/mol. The molecule has 0 bridgehead atoms. The van der Waals surface area contributed by atoms with E-state index in [1.807, 2.05) is 0 Å². The number of likely N-dealkylation sites (tertiary alicyclic amines) is 1. The average Bonchev–Trinajstić information content (AvgIpc) is 3.28. The Balaban J connectivity index is 1.39. The van der Waals surface area contributed by atoms with Crippen LogP contribution in [0.2, 0.25) is 0 Å². The molecule has 0 radical (unpaired) electrons. The maximum atomic E-state index is 9.34. The molecule has 2 N–H and O–H groups in total. The molecule has 1 aliphatic heterocycles. The Labute approximate surface area is 122 Å². The van der Waals surface area contributed by atoms with E-state index in [0.29, 0.717) is 12.6 Å². The Morgan fingerprint density at radius 1 is 1.15 bits per heavy atom. The standard InChI is InChI=1S/C17H26N2O/c20-14-17(8-9-17)13-18-16-6-10-19(11-7-16)12-15-4-2-1-3-5-15/h1-5,16,18,20H,6-14H2. The van der Waals surface area contributed by atoms with Crippen LogP contribution in [-0.2, 0) is 6.54 Å². The molecule has 0 spiro atoms. The van der Waals surface area contributed by atoms with Gasteiger partial charge in [-0.15, -0.1) is 0 Å². The van der Waals surface area contributed by atoms with Crippen LogP contribution in [0.15, 0.2) is 30.3 Å². The van der Waals surface area contributed by atoms with Gasteiger partial charge in [0, 0.05) is 31.2 Å². The first-order valence-corrected chi connectivity index (χ1v) is 7.90. The number of hydrogen-bond donors (Lipinski definition) is 2. The molecule has 1 aromatic rings. The molecule has 1 aliphatic carbocycles. The summed E-state index contributed by atoms with van der Waals surface area (Å²) in [6, 6.07) is 11.4. The third kappa shape index (κ3) is 3.60. The second-order valence-corrected chi connectivity index (χ2v) is 6.58. The molecule has 0 atom stereocenters. The van der Waals surface area contributed by atoms with Crippen molar-refractivity contribution in [1.82, 2.24) is 10.2 Å². The molecule has 2 fully saturated rings. The summed E-state index contributed by atoms with van der Waals surface area (Å²) < 4.78 is 0. The zero-order valence-corrected chi connectivity index (χ0v) is 12.2. The van der Waals surface area contributed by atoms with Crippen LogP contribution < -0.4 is 5.32 Å². The highest BCUT2D eigenvalue weighted by atomic mass is 16.3. The molecule has 3 nitrogen and oxygen atoms in total. The molecule has 0 aromatic heterocycles. The van der Waals surface area contributed by atoms with Crippen molar-refractivity contribution in [2.24, 2.45) is 5.41 Å². The number of nitrogens with zero attached hydrogens (tertiary/aromatic N) is 1. The lowest BCUT2D eigenvalue weighted by Gasteiger charge is -2.33. The van der Waals surface area contributed by atoms with Crippen LogP contribution in [0.1, 0.15) is 31.2 Å². The first-order valence-electron chi connectivity index (χ1n) is 7.90. The van der Waals surface area contributed by atoms with Gasteiger partial charge in [0.15, 0.2) is 0 Å². The van der Waals surface area contributed by atoms with Crippen molar-refractivity contribution in [3.05, 3.63) is 35.9 Å². The second kappa shape index (κ2) is 6.25. The largest absolute Gasteiger partial charge is 0.396 e. The topological polar surface area (TPSA) is 35.5 Å². The lowest BCUT2D eigenvalue weighted by atomic mass is 10.0. The van der Waals surface area contributed by atoms with Crippen molar-refractivity contribution in [2.45, 2.75) is 38.3 Å². The van der Waals surface area contributed by atoms with Crippen molar-refractivity contribution in [3.63, 3.8) is 0 Å². The molecule has 1 heterocycles. The quantitative estimate of drug-likeness (QED) is 0.833. The molecule has 1 saturated heterocycles. The number of nitrogens with one attached hydrogen (secondary N) is 1. The van der Waals surface area contributed by atoms with Gasteiger partial charge in [0.05, 0.1) is 0 Å². The Kier molecular flexibility index (Phi) is 4.39. The first kappa shape index (κ1) is 14.1. The molecule has 0 unspecified atom stereocenters. The Bertz CT molecular complexity index is 408. The minimum atomic E-state index is 0.237. The van der Waals surface area contributed by atoms with Crippen molar-refractivity contribution >= 4 is 0 Å². The second-order valence-electron chi connectivity index (χ2n) is 6.58. The fourth-order valence-electron chi connectivity index (χ4n) is 3.07. The van der Waals surface area contributed by atoms with E-state index in [-0.39, 0.29) is 5.41 Å². The summed E-state index contributed by atoms with van der Waals surface area (Å²) in [5, 5.41) is 13.0. The minimum Gasteiger partial charge on any atom is -0.396 e. The Morgan fingerprint density at radius 3 is 2.45 bits per heavy atom. The van der Waals surface area contributed by atoms with E-state index in [9.17, 15) is 5.11 Å². The third-order valence-corrected chi connectivity index (χ3v) is 4.89. The molecule has 110 valence electrons. The lowest BCUT2D eigenvalue weighted by molar-refractivity contribution is 0.170. The summed E-state index contributed by atoms with van der Waals surface area (Å²) >= 11 is 0. The fourth-order valence-corrected chi connectivity index (χ4v) is 3.07. The van der Waals surface area contributed by atoms with Crippen LogP contribution in [-0.4, -0.2) is 42.3 Å². The number of aliphatic hydroxyl groups is 1. The van der Waals surface area contributed by atoms with Crippen LogP contribution >= 0.6 is 0 Å². The number of rotatable bonds is 6. The predicted octanol–water partition coefficient (Wildman–Crippen LogP) is 2.01. The number of piperidine rings is 1. The summed E-state index contributed by atoms with van der Waals surface area (Å²) in [5.74, 6) is 0. The summed E-state index contributed by atoms with van der Waals surface area (Å²) in [4.78, 5) is 2.55. The van der Waals surface area contributed by atoms with E-state index < -0.39 is 0 Å². The lowest BCUT2D eigenvalue weighted by Crippen LogP contribution is -2.44. The molecule has 1 saturated carbocycles. The normalized spacial score (nSPS) is 22.9. The molecule has 3 rings (SSSR count). The summed E-state index contributed by atoms with van der Waals surface area (Å²) in [7, 11) is 0. The molecule has 20 heavy (non-hydrogen) atoms. The van der Waals surface area contributed by atoms with E-state index in [1.165, 1.54) is 44.3 Å². The van der Waals surface area contributed by atoms with E-state index in [0.717, 1.165) is 13.1 Å². The SMILES string of the molecule is OCC1(CNC2CCN(Cc3ccccc3)CC2)CC1. The predicted molar refractivity (Wildman–Crippen MR) is 81.5 cm³/mol. The number of aliphatic hydroxyl groups excluding tert-OH is 1. The minimum absolute atomic E-state index is 0.237. The molecular formula is C17H26N2O. The van der Waals surface area contributed by atoms with Gasteiger partial charge in [-0.25, -0.2) is 0 Å². The smallest absolute Gasteiger partial charge is 0.0499 e. The van der Waals surface area contributed by atoms with Crippen LogP contribution in [0.3, 0.4) is 0 Å². The van der Waals surface area contributed by atoms with Gasteiger partial charge >= 0.3 is 0 Å². The molecule has 1 aromatic carbocycles. The number of benzene rings is 1. The van der Waals surface area contributed by atoms with Crippen LogP contribution in [0, 0.1) is 5.41 Å². The van der Waals surface area contributed by atoms with Gasteiger partial charge in [0.1, 0.15) is 0 Å². The van der Waals surface area contributed by atoms with Gasteiger partial charge in [-0.1, -0.05) is 30.3 Å². The summed E-state index contributed by atoms with van der Waals surface area (Å²) in [5.41, 5.74) is 1.65. The Hall–Kier alpha value is -0.900. The number of hydrogen-bond acceptors (Lipinski definition) is 3.